The van der Waals surface area contributed by atoms with Crippen molar-refractivity contribution in [1.29, 1.82) is 0 Å². The Hall–Kier alpha value is -0.390. The molecule has 9 heteroatoms. The lowest BCUT2D eigenvalue weighted by Gasteiger charge is -2.26. The summed E-state index contributed by atoms with van der Waals surface area (Å²) in [6, 6.07) is 2.08. The number of aliphatic imine (C=N–C) groups is 1. The van der Waals surface area contributed by atoms with Gasteiger partial charge >= 0.3 is 0 Å². The van der Waals surface area contributed by atoms with Gasteiger partial charge in [-0.05, 0) is 43.2 Å². The van der Waals surface area contributed by atoms with Gasteiger partial charge in [0, 0.05) is 25.7 Å². The van der Waals surface area contributed by atoms with Crippen molar-refractivity contribution in [3.8, 4) is 0 Å². The third-order valence-corrected chi connectivity index (χ3v) is 4.44. The summed E-state index contributed by atoms with van der Waals surface area (Å²) in [6.45, 7) is 7.52. The smallest absolute Gasteiger partial charge is 0.209 e. The van der Waals surface area contributed by atoms with Crippen LogP contribution in [0.25, 0.3) is 0 Å². The number of rotatable bonds is 7. The molecular weight excluding hydrogens is 447 g/mol. The Kier molecular flexibility index (Phi) is 9.63. The van der Waals surface area contributed by atoms with Crippen LogP contribution < -0.4 is 10.0 Å². The van der Waals surface area contributed by atoms with Crippen LogP contribution in [0.3, 0.4) is 0 Å². The van der Waals surface area contributed by atoms with Gasteiger partial charge in [0.05, 0.1) is 12.8 Å². The normalized spacial score (nSPS) is 12.7. The highest BCUT2D eigenvalue weighted by Gasteiger charge is 2.22. The minimum absolute atomic E-state index is 0. The SMILES string of the molecule is CCNC(=NCC(C)(C)NS(C)(=O)=O)N(C)Cc1ccsc1.I. The maximum absolute atomic E-state index is 11.4. The first-order valence-electron chi connectivity index (χ1n) is 7.12. The molecule has 134 valence electrons. The molecule has 0 aromatic carbocycles. The summed E-state index contributed by atoms with van der Waals surface area (Å²) >= 11 is 1.67. The summed E-state index contributed by atoms with van der Waals surface area (Å²) in [5, 5.41) is 7.39. The zero-order valence-electron chi connectivity index (χ0n) is 14.3. The molecule has 0 saturated carbocycles. The highest BCUT2D eigenvalue weighted by Crippen LogP contribution is 2.09. The Balaban J connectivity index is 0.00000484. The fraction of sp³-hybridized carbons (Fsp3) is 0.643. The van der Waals surface area contributed by atoms with Crippen molar-refractivity contribution in [2.75, 3.05) is 26.4 Å². The summed E-state index contributed by atoms with van der Waals surface area (Å²) < 4.78 is 25.4. The van der Waals surface area contributed by atoms with E-state index in [9.17, 15) is 8.42 Å². The zero-order chi connectivity index (χ0) is 16.8. The summed E-state index contributed by atoms with van der Waals surface area (Å²) in [5.74, 6) is 0.761. The summed E-state index contributed by atoms with van der Waals surface area (Å²) in [5.41, 5.74) is 0.601. The molecule has 2 N–H and O–H groups in total. The lowest BCUT2D eigenvalue weighted by molar-refractivity contribution is 0.446. The van der Waals surface area contributed by atoms with E-state index in [1.807, 2.05) is 38.1 Å². The van der Waals surface area contributed by atoms with E-state index in [-0.39, 0.29) is 24.0 Å². The van der Waals surface area contributed by atoms with Crippen molar-refractivity contribution in [1.82, 2.24) is 14.9 Å². The maximum atomic E-state index is 11.4. The van der Waals surface area contributed by atoms with Gasteiger partial charge in [0.1, 0.15) is 0 Å². The molecule has 0 unspecified atom stereocenters. The molecule has 1 aromatic heterocycles. The van der Waals surface area contributed by atoms with Crippen molar-refractivity contribution in [2.24, 2.45) is 4.99 Å². The van der Waals surface area contributed by atoms with Gasteiger partial charge < -0.3 is 10.2 Å². The van der Waals surface area contributed by atoms with Crippen LogP contribution in [0.2, 0.25) is 0 Å². The molecule has 1 heterocycles. The number of thiophene rings is 1. The first-order chi connectivity index (χ1) is 10.1. The number of hydrogen-bond acceptors (Lipinski definition) is 4. The van der Waals surface area contributed by atoms with E-state index in [1.54, 1.807) is 11.3 Å². The molecule has 0 spiro atoms. The van der Waals surface area contributed by atoms with Gasteiger partial charge in [-0.1, -0.05) is 0 Å². The molecule has 0 saturated heterocycles. The van der Waals surface area contributed by atoms with E-state index in [0.717, 1.165) is 25.3 Å². The predicted molar refractivity (Wildman–Crippen MR) is 109 cm³/mol. The fourth-order valence-corrected chi connectivity index (χ4v) is 3.74. The highest BCUT2D eigenvalue weighted by atomic mass is 127. The summed E-state index contributed by atoms with van der Waals surface area (Å²) in [7, 11) is -1.29. The molecule has 0 aliphatic heterocycles. The Morgan fingerprint density at radius 1 is 1.43 bits per heavy atom. The lowest BCUT2D eigenvalue weighted by atomic mass is 10.1. The van der Waals surface area contributed by atoms with Gasteiger partial charge in [0.25, 0.3) is 0 Å². The molecule has 0 amide bonds. The number of nitrogens with one attached hydrogen (secondary N) is 2. The average molecular weight is 474 g/mol. The Labute approximate surface area is 160 Å². The van der Waals surface area contributed by atoms with Crippen molar-refractivity contribution in [2.45, 2.75) is 32.9 Å². The number of guanidine groups is 1. The largest absolute Gasteiger partial charge is 0.357 e. The number of hydrogen-bond donors (Lipinski definition) is 2. The van der Waals surface area contributed by atoms with E-state index in [2.05, 4.69) is 26.5 Å². The van der Waals surface area contributed by atoms with Gasteiger partial charge in [-0.2, -0.15) is 11.3 Å². The molecule has 0 fully saturated rings. The molecule has 6 nitrogen and oxygen atoms in total. The minimum atomic E-state index is -3.26. The molecule has 0 radical (unpaired) electrons. The molecule has 0 aliphatic carbocycles. The fourth-order valence-electron chi connectivity index (χ4n) is 2.01. The highest BCUT2D eigenvalue weighted by molar-refractivity contribution is 14.0. The van der Waals surface area contributed by atoms with Gasteiger partial charge in [-0.3, -0.25) is 4.99 Å². The monoisotopic (exact) mass is 474 g/mol. The van der Waals surface area contributed by atoms with E-state index in [0.29, 0.717) is 6.54 Å². The second kappa shape index (κ2) is 9.80. The van der Waals surface area contributed by atoms with Crippen LogP contribution in [0, 0.1) is 0 Å². The van der Waals surface area contributed by atoms with Crippen molar-refractivity contribution in [3.63, 3.8) is 0 Å². The third-order valence-electron chi connectivity index (χ3n) is 2.78. The first kappa shape index (κ1) is 22.6. The quantitative estimate of drug-likeness (QED) is 0.361. The number of halogens is 1. The molecule has 0 bridgehead atoms. The topological polar surface area (TPSA) is 73.8 Å². The minimum Gasteiger partial charge on any atom is -0.357 e. The molecule has 0 aliphatic rings. The predicted octanol–water partition coefficient (Wildman–Crippen LogP) is 2.09. The molecule has 1 aromatic rings. The van der Waals surface area contributed by atoms with Gasteiger partial charge in [-0.25, -0.2) is 13.1 Å². The van der Waals surface area contributed by atoms with Crippen LogP contribution in [-0.4, -0.2) is 51.2 Å². The Morgan fingerprint density at radius 3 is 2.57 bits per heavy atom. The van der Waals surface area contributed by atoms with Gasteiger partial charge in [-0.15, -0.1) is 24.0 Å². The molecule has 1 rings (SSSR count). The van der Waals surface area contributed by atoms with Crippen molar-refractivity contribution >= 4 is 51.3 Å². The van der Waals surface area contributed by atoms with Crippen LogP contribution in [0.1, 0.15) is 26.3 Å². The van der Waals surface area contributed by atoms with Crippen LogP contribution >= 0.6 is 35.3 Å². The number of sulfonamides is 1. The van der Waals surface area contributed by atoms with Crippen molar-refractivity contribution in [3.05, 3.63) is 22.4 Å². The lowest BCUT2D eigenvalue weighted by Crippen LogP contribution is -2.46. The Morgan fingerprint density at radius 2 is 2.09 bits per heavy atom. The first-order valence-corrected chi connectivity index (χ1v) is 9.96. The average Bonchev–Trinajstić information content (AvgIpc) is 2.84. The van der Waals surface area contributed by atoms with Gasteiger partial charge in [0.2, 0.25) is 10.0 Å². The zero-order valence-corrected chi connectivity index (χ0v) is 18.3. The molecule has 0 atom stereocenters. The standard InChI is InChI=1S/C14H26N4O2S2.HI/c1-6-15-13(18(4)9-12-7-8-21-10-12)16-11-14(2,3)17-22(5,19)20;/h7-8,10,17H,6,9,11H2,1-5H3,(H,15,16);1H. The van der Waals surface area contributed by atoms with E-state index >= 15 is 0 Å². The number of nitrogens with zero attached hydrogens (tertiary/aromatic N) is 2. The third kappa shape index (κ3) is 9.48. The van der Waals surface area contributed by atoms with Crippen molar-refractivity contribution < 1.29 is 8.42 Å². The van der Waals surface area contributed by atoms with Crippen LogP contribution in [-0.2, 0) is 16.6 Å². The second-order valence-corrected chi connectivity index (χ2v) is 8.44. The maximum Gasteiger partial charge on any atom is 0.209 e. The summed E-state index contributed by atoms with van der Waals surface area (Å²) in [6.07, 6.45) is 1.16. The van der Waals surface area contributed by atoms with Gasteiger partial charge in [0.15, 0.2) is 5.96 Å². The van der Waals surface area contributed by atoms with Crippen LogP contribution in [0.15, 0.2) is 21.8 Å². The molecular formula is C14H27IN4O2S2. The van der Waals surface area contributed by atoms with Crippen LogP contribution in [0.4, 0.5) is 0 Å². The second-order valence-electron chi connectivity index (χ2n) is 5.92. The Bertz CT molecular complexity index is 586. The summed E-state index contributed by atoms with van der Waals surface area (Å²) in [4.78, 5) is 6.59. The molecule has 23 heavy (non-hydrogen) atoms. The van der Waals surface area contributed by atoms with E-state index in [4.69, 9.17) is 0 Å². The van der Waals surface area contributed by atoms with Crippen LogP contribution in [0.5, 0.6) is 0 Å². The van der Waals surface area contributed by atoms with E-state index < -0.39 is 15.6 Å². The van der Waals surface area contributed by atoms with E-state index in [1.165, 1.54) is 5.56 Å².